The average molecular weight is 1340 g/mol. The third kappa shape index (κ3) is 60.3. The predicted molar refractivity (Wildman–Crippen MR) is 255 cm³/mol. The van der Waals surface area contributed by atoms with Crippen molar-refractivity contribution in [1.82, 2.24) is 0 Å². The van der Waals surface area contributed by atoms with Crippen molar-refractivity contribution in [2.45, 2.75) is 273 Å². The van der Waals surface area contributed by atoms with E-state index in [9.17, 15) is 0 Å². The molecule has 0 heterocycles. The first-order chi connectivity index (χ1) is 25.4. The minimum absolute atomic E-state index is 0. The second-order valence-electron chi connectivity index (χ2n) is 18.2. The zero-order chi connectivity index (χ0) is 38.7. The van der Waals surface area contributed by atoms with E-state index in [2.05, 4.69) is 54.9 Å². The van der Waals surface area contributed by atoms with E-state index in [0.717, 1.165) is 0 Å². The Morgan fingerprint density at radius 2 is 0.298 bits per heavy atom. The van der Waals surface area contributed by atoms with Crippen molar-refractivity contribution in [2.75, 3.05) is 50.3 Å². The molecule has 0 bridgehead atoms. The standard InChI is InChI=1S/2C25H54P.Co.4HI/c2*1-5-8-11-14-17-20-23-26(4,24-21-18-15-12-9-6-2)25-22-19-16-13-10-7-3;;;;;/h2*5-25H2,1-4H3;;4*1H/q2*+1;+2;;;;/p-4. The molecule has 0 aliphatic carbocycles. The van der Waals surface area contributed by atoms with Crippen LogP contribution in [0.4, 0.5) is 0 Å². The molecule has 7 heteroatoms. The summed E-state index contributed by atoms with van der Waals surface area (Å²) in [5, 5.41) is 0. The van der Waals surface area contributed by atoms with E-state index in [1.54, 1.807) is 37.0 Å². The fourth-order valence-corrected chi connectivity index (χ4v) is 15.6. The first kappa shape index (κ1) is 75.6. The van der Waals surface area contributed by atoms with Crippen molar-refractivity contribution >= 4 is 14.5 Å². The summed E-state index contributed by atoms with van der Waals surface area (Å²) in [4.78, 5) is 0. The van der Waals surface area contributed by atoms with Gasteiger partial charge in [-0.05, 0) is 77.0 Å². The molecule has 0 aromatic heterocycles. The largest absolute Gasteiger partial charge is 2.00 e. The number of rotatable bonds is 42. The summed E-state index contributed by atoms with van der Waals surface area (Å²) in [6.07, 6.45) is 62.5. The van der Waals surface area contributed by atoms with Gasteiger partial charge in [0.05, 0.1) is 37.0 Å². The molecule has 0 aliphatic rings. The molecule has 57 heavy (non-hydrogen) atoms. The topological polar surface area (TPSA) is 0 Å². The van der Waals surface area contributed by atoms with Gasteiger partial charge < -0.3 is 95.9 Å². The molecule has 0 saturated carbocycles. The summed E-state index contributed by atoms with van der Waals surface area (Å²) in [5.74, 6) is 0. The van der Waals surface area contributed by atoms with E-state index in [1.165, 1.54) is 231 Å². The van der Waals surface area contributed by atoms with E-state index in [-0.39, 0.29) is 113 Å². The summed E-state index contributed by atoms with van der Waals surface area (Å²) in [6, 6.07) is 0. The van der Waals surface area contributed by atoms with Gasteiger partial charge in [0.25, 0.3) is 0 Å². The molecule has 0 unspecified atom stereocenters. The van der Waals surface area contributed by atoms with Gasteiger partial charge in [-0.2, -0.15) is 0 Å². The van der Waals surface area contributed by atoms with E-state index >= 15 is 0 Å². The van der Waals surface area contributed by atoms with Crippen molar-refractivity contribution in [3.8, 4) is 0 Å². The summed E-state index contributed by atoms with van der Waals surface area (Å²) >= 11 is 0. The van der Waals surface area contributed by atoms with Crippen molar-refractivity contribution in [1.29, 1.82) is 0 Å². The molecule has 0 atom stereocenters. The maximum atomic E-state index is 2.73. The Morgan fingerprint density at radius 3 is 0.421 bits per heavy atom. The molecule has 0 fully saturated rings. The number of halogens is 4. The normalized spacial score (nSPS) is 10.9. The molecular weight excluding hydrogens is 1230 g/mol. The Labute approximate surface area is 445 Å². The maximum absolute atomic E-state index is 2.73. The van der Waals surface area contributed by atoms with E-state index in [4.69, 9.17) is 0 Å². The summed E-state index contributed by atoms with van der Waals surface area (Å²) in [6.45, 7) is 19.4. The van der Waals surface area contributed by atoms with Gasteiger partial charge in [0.15, 0.2) is 0 Å². The quantitative estimate of drug-likeness (QED) is 0.0339. The first-order valence-corrected chi connectivity index (χ1v) is 30.6. The third-order valence-corrected chi connectivity index (χ3v) is 20.7. The van der Waals surface area contributed by atoms with Gasteiger partial charge >= 0.3 is 16.8 Å². The molecule has 0 amide bonds. The monoisotopic (exact) mass is 1340 g/mol. The Balaban J connectivity index is -0.000000161. The molecule has 355 valence electrons. The van der Waals surface area contributed by atoms with Gasteiger partial charge in [-0.15, -0.1) is 0 Å². The predicted octanol–water partition coefficient (Wildman–Crippen LogP) is 7.44. The van der Waals surface area contributed by atoms with Gasteiger partial charge in [-0.25, -0.2) is 0 Å². The number of hydrogen-bond acceptors (Lipinski definition) is 0. The zero-order valence-corrected chi connectivity index (χ0v) is 51.9. The zero-order valence-electron chi connectivity index (χ0n) is 40.4. The van der Waals surface area contributed by atoms with Crippen LogP contribution in [-0.2, 0) is 16.8 Å². The molecule has 0 N–H and O–H groups in total. The first-order valence-electron chi connectivity index (χ1n) is 25.0. The Morgan fingerprint density at radius 1 is 0.193 bits per heavy atom. The Hall–Kier alpha value is 4.29. The van der Waals surface area contributed by atoms with Crippen molar-refractivity contribution < 1.29 is 113 Å². The summed E-state index contributed by atoms with van der Waals surface area (Å²) in [7, 11) is -1.27. The van der Waals surface area contributed by atoms with E-state index in [0.29, 0.717) is 0 Å². The molecule has 0 saturated heterocycles. The average Bonchev–Trinajstić information content (AvgIpc) is 3.14. The molecule has 0 aliphatic heterocycles. The molecular formula is C50H108CoI4P2. The summed E-state index contributed by atoms with van der Waals surface area (Å²) in [5.41, 5.74) is 0. The van der Waals surface area contributed by atoms with Crippen LogP contribution >= 0.6 is 14.5 Å². The molecule has 0 aromatic carbocycles. The summed E-state index contributed by atoms with van der Waals surface area (Å²) < 4.78 is 0. The van der Waals surface area contributed by atoms with Gasteiger partial charge in [0, 0.05) is 27.9 Å². The number of hydrogen-bond donors (Lipinski definition) is 0. The minimum Gasteiger partial charge on any atom is -1.00 e. The van der Waals surface area contributed by atoms with Crippen LogP contribution in [0.1, 0.15) is 273 Å². The Bertz CT molecular complexity index is 522. The van der Waals surface area contributed by atoms with Crippen LogP contribution in [0.15, 0.2) is 0 Å². The fourth-order valence-electron chi connectivity index (χ4n) is 8.31. The third-order valence-electron chi connectivity index (χ3n) is 12.3. The molecule has 0 aromatic rings. The van der Waals surface area contributed by atoms with Crippen molar-refractivity contribution in [3.05, 3.63) is 0 Å². The van der Waals surface area contributed by atoms with Crippen LogP contribution in [0.3, 0.4) is 0 Å². The molecule has 1 radical (unpaired) electrons. The number of unbranched alkanes of at least 4 members (excludes halogenated alkanes) is 30. The fraction of sp³-hybridized carbons (Fsp3) is 1.00. The van der Waals surface area contributed by atoms with Crippen LogP contribution in [0.2, 0.25) is 0 Å². The second-order valence-corrected chi connectivity index (χ2v) is 27.3. The maximum Gasteiger partial charge on any atom is 2.00 e. The van der Waals surface area contributed by atoms with Crippen LogP contribution in [0.25, 0.3) is 0 Å². The smallest absolute Gasteiger partial charge is 1.00 e. The van der Waals surface area contributed by atoms with Gasteiger partial charge in [0.2, 0.25) is 0 Å². The van der Waals surface area contributed by atoms with Crippen LogP contribution in [0, 0.1) is 0 Å². The minimum atomic E-state index is -0.636. The van der Waals surface area contributed by atoms with Crippen LogP contribution in [-0.4, -0.2) is 50.3 Å². The van der Waals surface area contributed by atoms with E-state index in [1.807, 2.05) is 0 Å². The van der Waals surface area contributed by atoms with Gasteiger partial charge in [-0.1, -0.05) is 196 Å². The van der Waals surface area contributed by atoms with Crippen LogP contribution < -0.4 is 95.9 Å². The SMILES string of the molecule is CCCCCCCC[P+](C)(CCCCCCCC)CCCCCCCC.CCCCCCCC[P+](C)(CCCCCCCC)CCCCCCCC.[Co+2].[I-].[I-].[I-].[I-]. The molecule has 0 nitrogen and oxygen atoms in total. The van der Waals surface area contributed by atoms with Crippen molar-refractivity contribution in [3.63, 3.8) is 0 Å². The Kier molecular flexibility index (Phi) is 82.7. The van der Waals surface area contributed by atoms with Gasteiger partial charge in [-0.3, -0.25) is 0 Å². The van der Waals surface area contributed by atoms with Gasteiger partial charge in [0.1, 0.15) is 0 Å². The molecule has 0 rings (SSSR count). The second kappa shape index (κ2) is 62.4. The van der Waals surface area contributed by atoms with Crippen LogP contribution in [0.5, 0.6) is 0 Å². The van der Waals surface area contributed by atoms with Crippen molar-refractivity contribution in [2.24, 2.45) is 0 Å². The van der Waals surface area contributed by atoms with E-state index < -0.39 is 14.5 Å². The molecule has 0 spiro atoms.